The first kappa shape index (κ1) is 12.4. The Morgan fingerprint density at radius 3 is 2.60 bits per heavy atom. The van der Waals surface area contributed by atoms with Gasteiger partial charge in [0.2, 0.25) is 5.91 Å². The standard InChI is InChI=1S/C17H14N2O/c20-16(19-15-9-2-1-3-10-15)12-14-7-4-6-13-8-5-11-18-17(13)14/h1-11H,12H2,(H,19,20). The molecule has 0 unspecified atom stereocenters. The van der Waals surface area contributed by atoms with Crippen molar-refractivity contribution in [3.8, 4) is 0 Å². The molecule has 3 rings (SSSR count). The van der Waals surface area contributed by atoms with E-state index >= 15 is 0 Å². The fourth-order valence-corrected chi connectivity index (χ4v) is 2.21. The van der Waals surface area contributed by atoms with Gasteiger partial charge in [-0.25, -0.2) is 0 Å². The Morgan fingerprint density at radius 2 is 1.75 bits per heavy atom. The van der Waals surface area contributed by atoms with Crippen molar-refractivity contribution in [1.82, 2.24) is 4.98 Å². The van der Waals surface area contributed by atoms with E-state index in [-0.39, 0.29) is 5.91 Å². The van der Waals surface area contributed by atoms with Gasteiger partial charge in [-0.2, -0.15) is 0 Å². The molecule has 3 nitrogen and oxygen atoms in total. The lowest BCUT2D eigenvalue weighted by Crippen LogP contribution is -2.14. The highest BCUT2D eigenvalue weighted by Gasteiger charge is 2.07. The van der Waals surface area contributed by atoms with E-state index in [4.69, 9.17) is 0 Å². The van der Waals surface area contributed by atoms with Crippen LogP contribution < -0.4 is 5.32 Å². The third kappa shape index (κ3) is 2.67. The summed E-state index contributed by atoms with van der Waals surface area (Å²) in [5, 5.41) is 3.94. The van der Waals surface area contributed by atoms with Gasteiger partial charge in [0, 0.05) is 17.3 Å². The molecule has 1 amide bonds. The van der Waals surface area contributed by atoms with Crippen molar-refractivity contribution >= 4 is 22.5 Å². The average Bonchev–Trinajstić information content (AvgIpc) is 2.48. The Labute approximate surface area is 117 Å². The van der Waals surface area contributed by atoms with Gasteiger partial charge < -0.3 is 5.32 Å². The van der Waals surface area contributed by atoms with Gasteiger partial charge in [-0.15, -0.1) is 0 Å². The van der Waals surface area contributed by atoms with Crippen LogP contribution in [-0.4, -0.2) is 10.9 Å². The van der Waals surface area contributed by atoms with Crippen LogP contribution in [0, 0.1) is 0 Å². The molecule has 0 aliphatic rings. The van der Waals surface area contributed by atoms with Crippen molar-refractivity contribution in [2.24, 2.45) is 0 Å². The van der Waals surface area contributed by atoms with Crippen molar-refractivity contribution in [2.75, 3.05) is 5.32 Å². The number of pyridine rings is 1. The molecule has 20 heavy (non-hydrogen) atoms. The van der Waals surface area contributed by atoms with Crippen molar-refractivity contribution in [2.45, 2.75) is 6.42 Å². The first-order chi connectivity index (χ1) is 9.83. The summed E-state index contributed by atoms with van der Waals surface area (Å²) >= 11 is 0. The Bertz CT molecular complexity index is 733. The maximum absolute atomic E-state index is 12.1. The van der Waals surface area contributed by atoms with Crippen LogP contribution in [0.5, 0.6) is 0 Å². The number of fused-ring (bicyclic) bond motifs is 1. The molecule has 0 aliphatic heterocycles. The van der Waals surface area contributed by atoms with Gasteiger partial charge in [-0.3, -0.25) is 9.78 Å². The van der Waals surface area contributed by atoms with Crippen LogP contribution in [-0.2, 0) is 11.2 Å². The highest BCUT2D eigenvalue weighted by molar-refractivity contribution is 5.95. The second-order valence-corrected chi connectivity index (χ2v) is 4.58. The van der Waals surface area contributed by atoms with Gasteiger partial charge in [-0.1, -0.05) is 42.5 Å². The molecule has 3 aromatic rings. The molecule has 1 heterocycles. The lowest BCUT2D eigenvalue weighted by molar-refractivity contribution is -0.115. The van der Waals surface area contributed by atoms with E-state index < -0.39 is 0 Å². The molecule has 98 valence electrons. The number of amides is 1. The second-order valence-electron chi connectivity index (χ2n) is 4.58. The molecule has 0 saturated heterocycles. The van der Waals surface area contributed by atoms with Crippen molar-refractivity contribution in [3.05, 3.63) is 72.4 Å². The molecule has 0 aliphatic carbocycles. The number of carbonyl (C=O) groups is 1. The Morgan fingerprint density at radius 1 is 0.950 bits per heavy atom. The Hall–Kier alpha value is -2.68. The number of para-hydroxylation sites is 2. The molecule has 0 radical (unpaired) electrons. The number of rotatable bonds is 3. The zero-order chi connectivity index (χ0) is 13.8. The molecule has 0 saturated carbocycles. The van der Waals surface area contributed by atoms with Crippen LogP contribution in [0.15, 0.2) is 66.9 Å². The van der Waals surface area contributed by atoms with Crippen LogP contribution in [0.2, 0.25) is 0 Å². The second kappa shape index (κ2) is 5.53. The predicted octanol–water partition coefficient (Wildman–Crippen LogP) is 3.42. The van der Waals surface area contributed by atoms with E-state index in [0.717, 1.165) is 22.2 Å². The summed E-state index contributed by atoms with van der Waals surface area (Å²) in [5.41, 5.74) is 2.64. The number of hydrogen-bond donors (Lipinski definition) is 1. The number of benzene rings is 2. The first-order valence-electron chi connectivity index (χ1n) is 6.50. The molecule has 2 aromatic carbocycles. The minimum atomic E-state index is -0.0330. The maximum atomic E-state index is 12.1. The highest BCUT2D eigenvalue weighted by Crippen LogP contribution is 2.17. The van der Waals surface area contributed by atoms with Crippen LogP contribution >= 0.6 is 0 Å². The minimum absolute atomic E-state index is 0.0330. The van der Waals surface area contributed by atoms with Crippen LogP contribution in [0.1, 0.15) is 5.56 Å². The summed E-state index contributed by atoms with van der Waals surface area (Å²) in [6, 6.07) is 19.3. The normalized spacial score (nSPS) is 10.4. The van der Waals surface area contributed by atoms with Gasteiger partial charge >= 0.3 is 0 Å². The average molecular weight is 262 g/mol. The summed E-state index contributed by atoms with van der Waals surface area (Å²) < 4.78 is 0. The smallest absolute Gasteiger partial charge is 0.228 e. The maximum Gasteiger partial charge on any atom is 0.228 e. The largest absolute Gasteiger partial charge is 0.326 e. The molecular weight excluding hydrogens is 248 g/mol. The van der Waals surface area contributed by atoms with E-state index in [0.29, 0.717) is 6.42 Å². The summed E-state index contributed by atoms with van der Waals surface area (Å²) in [6.45, 7) is 0. The topological polar surface area (TPSA) is 42.0 Å². The molecule has 1 aromatic heterocycles. The molecular formula is C17H14N2O. The predicted molar refractivity (Wildman–Crippen MR) is 80.5 cm³/mol. The molecule has 0 bridgehead atoms. The number of carbonyl (C=O) groups excluding carboxylic acids is 1. The van der Waals surface area contributed by atoms with Crippen LogP contribution in [0.3, 0.4) is 0 Å². The number of aromatic nitrogens is 1. The number of hydrogen-bond acceptors (Lipinski definition) is 2. The van der Waals surface area contributed by atoms with E-state index in [1.807, 2.05) is 60.7 Å². The summed E-state index contributed by atoms with van der Waals surface area (Å²) in [7, 11) is 0. The molecule has 3 heteroatoms. The third-order valence-corrected chi connectivity index (χ3v) is 3.12. The minimum Gasteiger partial charge on any atom is -0.326 e. The van der Waals surface area contributed by atoms with Crippen molar-refractivity contribution < 1.29 is 4.79 Å². The SMILES string of the molecule is O=C(Cc1cccc2cccnc12)Nc1ccccc1. The van der Waals surface area contributed by atoms with E-state index in [2.05, 4.69) is 10.3 Å². The monoisotopic (exact) mass is 262 g/mol. The number of nitrogens with zero attached hydrogens (tertiary/aromatic N) is 1. The molecule has 0 fully saturated rings. The summed E-state index contributed by atoms with van der Waals surface area (Å²) in [5.74, 6) is -0.0330. The quantitative estimate of drug-likeness (QED) is 0.786. The Balaban J connectivity index is 1.81. The van der Waals surface area contributed by atoms with Gasteiger partial charge in [-0.05, 0) is 23.8 Å². The van der Waals surface area contributed by atoms with Gasteiger partial charge in [0.05, 0.1) is 11.9 Å². The van der Waals surface area contributed by atoms with Gasteiger partial charge in [0.15, 0.2) is 0 Å². The van der Waals surface area contributed by atoms with E-state index in [9.17, 15) is 4.79 Å². The highest BCUT2D eigenvalue weighted by atomic mass is 16.1. The molecule has 0 spiro atoms. The fraction of sp³-hybridized carbons (Fsp3) is 0.0588. The summed E-state index contributed by atoms with van der Waals surface area (Å²) in [6.07, 6.45) is 2.07. The third-order valence-electron chi connectivity index (χ3n) is 3.12. The van der Waals surface area contributed by atoms with E-state index in [1.54, 1.807) is 6.20 Å². The van der Waals surface area contributed by atoms with Crippen molar-refractivity contribution in [1.29, 1.82) is 0 Å². The Kier molecular flexibility index (Phi) is 3.42. The van der Waals surface area contributed by atoms with E-state index in [1.165, 1.54) is 0 Å². The molecule has 1 N–H and O–H groups in total. The summed E-state index contributed by atoms with van der Waals surface area (Å²) in [4.78, 5) is 16.4. The lowest BCUT2D eigenvalue weighted by atomic mass is 10.1. The first-order valence-corrected chi connectivity index (χ1v) is 6.50. The van der Waals surface area contributed by atoms with Gasteiger partial charge in [0.25, 0.3) is 0 Å². The van der Waals surface area contributed by atoms with Gasteiger partial charge in [0.1, 0.15) is 0 Å². The molecule has 0 atom stereocenters. The fourth-order valence-electron chi connectivity index (χ4n) is 2.21. The number of nitrogens with one attached hydrogen (secondary N) is 1. The lowest BCUT2D eigenvalue weighted by Gasteiger charge is -2.07. The zero-order valence-corrected chi connectivity index (χ0v) is 10.9. The van der Waals surface area contributed by atoms with Crippen molar-refractivity contribution in [3.63, 3.8) is 0 Å². The zero-order valence-electron chi connectivity index (χ0n) is 10.9. The number of anilines is 1. The van der Waals surface area contributed by atoms with Crippen LogP contribution in [0.25, 0.3) is 10.9 Å². The van der Waals surface area contributed by atoms with Crippen LogP contribution in [0.4, 0.5) is 5.69 Å².